The molecule has 0 atom stereocenters. The fourth-order valence-electron chi connectivity index (χ4n) is 6.42. The molecule has 1 heterocycles. The first kappa shape index (κ1) is 47.6. The highest BCUT2D eigenvalue weighted by Crippen LogP contribution is 2.38. The number of nitrogens with zero attached hydrogens (tertiary/aromatic N) is 2. The van der Waals surface area contributed by atoms with Crippen molar-refractivity contribution in [1.82, 2.24) is 15.6 Å². The van der Waals surface area contributed by atoms with Crippen LogP contribution in [0.1, 0.15) is 57.3 Å². The van der Waals surface area contributed by atoms with Crippen LogP contribution in [0.2, 0.25) is 10.0 Å². The van der Waals surface area contributed by atoms with Crippen LogP contribution in [0.3, 0.4) is 0 Å². The number of ether oxygens (including phenoxy) is 3. The molecule has 0 aliphatic carbocycles. The van der Waals surface area contributed by atoms with Gasteiger partial charge in [0, 0.05) is 54.3 Å². The molecule has 0 aliphatic rings. The van der Waals surface area contributed by atoms with E-state index in [-0.39, 0.29) is 57.3 Å². The Morgan fingerprint density at radius 3 is 1.72 bits per heavy atom. The van der Waals surface area contributed by atoms with Crippen LogP contribution in [-0.2, 0) is 42.0 Å². The third-order valence-corrected chi connectivity index (χ3v) is 12.1. The molecule has 5 rings (SSSR count). The molecule has 0 spiro atoms. The molecule has 61 heavy (non-hydrogen) atoms. The molecule has 18 heteroatoms. The molecule has 0 fully saturated rings. The second-order valence-electron chi connectivity index (χ2n) is 14.4. The van der Waals surface area contributed by atoms with Gasteiger partial charge in [0.2, 0.25) is 0 Å². The van der Waals surface area contributed by atoms with Crippen molar-refractivity contribution >= 4 is 38.4 Å². The van der Waals surface area contributed by atoms with Crippen molar-refractivity contribution in [3.8, 4) is 40.2 Å². The van der Waals surface area contributed by atoms with Gasteiger partial charge in [0.05, 0.1) is 27.9 Å². The van der Waals surface area contributed by atoms with Crippen molar-refractivity contribution < 1.29 is 48.0 Å². The summed E-state index contributed by atoms with van der Waals surface area (Å²) in [4.78, 5) is 40.6. The number of halogens is 2. The molecular formula is C43H48Cl2N4O10P2. The minimum absolute atomic E-state index is 0.0200. The van der Waals surface area contributed by atoms with E-state index >= 15 is 0 Å². The zero-order chi connectivity index (χ0) is 44.2. The van der Waals surface area contributed by atoms with Crippen LogP contribution < -0.4 is 24.8 Å². The summed E-state index contributed by atoms with van der Waals surface area (Å²) in [7, 11) is -8.16. The van der Waals surface area contributed by atoms with E-state index in [9.17, 15) is 29.3 Å². The van der Waals surface area contributed by atoms with E-state index < -0.39 is 15.2 Å². The second kappa shape index (κ2) is 22.0. The number of hydrogen-bond donors (Lipinski definition) is 7. The number of aromatic nitrogens is 1. The van der Waals surface area contributed by atoms with Crippen molar-refractivity contribution in [2.75, 3.05) is 25.4 Å². The summed E-state index contributed by atoms with van der Waals surface area (Å²) in [6.07, 6.45) is 3.19. The normalized spacial score (nSPS) is 11.7. The standard InChI is InChI=1S/C43H48Cl2N4O10P2/c1-28-32(26-58-42-18-40(50)34(16-38(42)44)23-47-11-5-13-60(51,52)53)7-3-9-36(28)37-10-4-8-33(29(37)2)27-59-43-19-41(57-25-31-15-30(20-46)21-49-22-31)35(17-39(43)45)24-48-12-6-14-61(54,55)56/h3-4,7-10,15-19,21-22,47-48,50H,5-6,11-14,23-27H2,1-2H3,(H2,51,52,53)(H2,54,55,56). The van der Waals surface area contributed by atoms with Gasteiger partial charge in [0.1, 0.15) is 48.9 Å². The Morgan fingerprint density at radius 2 is 1.18 bits per heavy atom. The van der Waals surface area contributed by atoms with Gasteiger partial charge in [-0.1, -0.05) is 59.6 Å². The Balaban J connectivity index is 1.27. The Bertz CT molecular complexity index is 2460. The van der Waals surface area contributed by atoms with Crippen LogP contribution in [0, 0.1) is 25.2 Å². The maximum atomic E-state index is 11.3. The first-order valence-corrected chi connectivity index (χ1v) is 23.6. The van der Waals surface area contributed by atoms with E-state index in [2.05, 4.69) is 21.7 Å². The Hall–Kier alpha value is -4.48. The smallest absolute Gasteiger partial charge is 0.325 e. The molecule has 0 bridgehead atoms. The summed E-state index contributed by atoms with van der Waals surface area (Å²) in [5.74, 6) is 1.15. The number of rotatable bonds is 22. The van der Waals surface area contributed by atoms with E-state index in [1.807, 2.05) is 50.2 Å². The number of nitrogens with one attached hydrogen (secondary N) is 2. The summed E-state index contributed by atoms with van der Waals surface area (Å²) >= 11 is 13.3. The predicted octanol–water partition coefficient (Wildman–Crippen LogP) is 8.30. The Kier molecular flexibility index (Phi) is 17.2. The van der Waals surface area contributed by atoms with Crippen LogP contribution in [-0.4, -0.2) is 55.1 Å². The third-order valence-electron chi connectivity index (χ3n) is 9.75. The first-order valence-electron chi connectivity index (χ1n) is 19.3. The second-order valence-corrected chi connectivity index (χ2v) is 18.7. The maximum absolute atomic E-state index is 11.3. The summed E-state index contributed by atoms with van der Waals surface area (Å²) < 4.78 is 40.9. The highest BCUT2D eigenvalue weighted by molar-refractivity contribution is 7.52. The molecule has 7 N–H and O–H groups in total. The number of hydrogen-bond acceptors (Lipinski definition) is 10. The molecule has 0 unspecified atom stereocenters. The van der Waals surface area contributed by atoms with Gasteiger partial charge in [-0.3, -0.25) is 14.1 Å². The number of benzene rings is 4. The number of nitriles is 1. The highest BCUT2D eigenvalue weighted by Gasteiger charge is 2.17. The lowest BCUT2D eigenvalue weighted by Crippen LogP contribution is -2.16. The zero-order valence-electron chi connectivity index (χ0n) is 33.6. The Morgan fingerprint density at radius 1 is 0.672 bits per heavy atom. The zero-order valence-corrected chi connectivity index (χ0v) is 36.9. The topological polar surface area (TPSA) is 224 Å². The van der Waals surface area contributed by atoms with E-state index in [1.54, 1.807) is 30.5 Å². The van der Waals surface area contributed by atoms with Crippen LogP contribution >= 0.6 is 38.4 Å². The van der Waals surface area contributed by atoms with Crippen molar-refractivity contribution in [2.24, 2.45) is 0 Å². The first-order chi connectivity index (χ1) is 29.0. The molecule has 0 saturated heterocycles. The summed E-state index contributed by atoms with van der Waals surface area (Å²) in [5, 5.41) is 26.9. The van der Waals surface area contributed by atoms with Crippen molar-refractivity contribution in [2.45, 2.75) is 59.6 Å². The average Bonchev–Trinajstić information content (AvgIpc) is 3.20. The fraction of sp³-hybridized carbons (Fsp3) is 0.302. The summed E-state index contributed by atoms with van der Waals surface area (Å²) in [5.41, 5.74) is 8.14. The van der Waals surface area contributed by atoms with Gasteiger partial charge in [-0.15, -0.1) is 0 Å². The minimum Gasteiger partial charge on any atom is -0.507 e. The molecule has 0 aliphatic heterocycles. The van der Waals surface area contributed by atoms with Crippen LogP contribution in [0.5, 0.6) is 23.0 Å². The highest BCUT2D eigenvalue weighted by atomic mass is 35.5. The van der Waals surface area contributed by atoms with E-state index in [4.69, 9.17) is 47.2 Å². The molecular weight excluding hydrogens is 865 g/mol. The van der Waals surface area contributed by atoms with Crippen molar-refractivity contribution in [1.29, 1.82) is 5.26 Å². The molecule has 324 valence electrons. The lowest BCUT2D eigenvalue weighted by Gasteiger charge is -2.18. The third kappa shape index (κ3) is 14.6. The molecule has 0 saturated carbocycles. The van der Waals surface area contributed by atoms with Gasteiger partial charge in [-0.25, -0.2) is 0 Å². The summed E-state index contributed by atoms with van der Waals surface area (Å²) in [6, 6.07) is 22.2. The van der Waals surface area contributed by atoms with Crippen LogP contribution in [0.4, 0.5) is 0 Å². The van der Waals surface area contributed by atoms with Crippen LogP contribution in [0.15, 0.2) is 79.1 Å². The van der Waals surface area contributed by atoms with Gasteiger partial charge < -0.3 is 49.5 Å². The van der Waals surface area contributed by atoms with Gasteiger partial charge in [-0.2, -0.15) is 5.26 Å². The quantitative estimate of drug-likeness (QED) is 0.0256. The number of aromatic hydroxyl groups is 1. The lowest BCUT2D eigenvalue weighted by atomic mass is 9.92. The van der Waals surface area contributed by atoms with Crippen molar-refractivity contribution in [3.63, 3.8) is 0 Å². The van der Waals surface area contributed by atoms with Gasteiger partial charge in [0.15, 0.2) is 0 Å². The fourth-order valence-corrected chi connectivity index (χ4v) is 8.05. The van der Waals surface area contributed by atoms with Gasteiger partial charge in [-0.05, 0) is 91.4 Å². The molecule has 14 nitrogen and oxygen atoms in total. The SMILES string of the molecule is Cc1c(COc2cc(O)c(CNCCCP(=O)(O)O)cc2Cl)cccc1-c1cccc(COc2cc(OCc3cncc(C#N)c3)c(CNCCCP(=O)(O)O)cc2Cl)c1C. The average molecular weight is 914 g/mol. The van der Waals surface area contributed by atoms with Crippen LogP contribution in [0.25, 0.3) is 11.1 Å². The molecule has 1 aromatic heterocycles. The molecule has 4 aromatic carbocycles. The summed E-state index contributed by atoms with van der Waals surface area (Å²) in [6.45, 7) is 5.82. The van der Waals surface area contributed by atoms with Gasteiger partial charge in [0.25, 0.3) is 0 Å². The number of phenols is 1. The number of phenolic OH excluding ortho intramolecular Hbond substituents is 1. The predicted molar refractivity (Wildman–Crippen MR) is 234 cm³/mol. The Labute approximate surface area is 364 Å². The van der Waals surface area contributed by atoms with E-state index in [0.29, 0.717) is 69.2 Å². The monoisotopic (exact) mass is 912 g/mol. The van der Waals surface area contributed by atoms with E-state index in [0.717, 1.165) is 33.4 Å². The number of pyridine rings is 1. The largest absolute Gasteiger partial charge is 0.507 e. The molecule has 0 radical (unpaired) electrons. The maximum Gasteiger partial charge on any atom is 0.325 e. The van der Waals surface area contributed by atoms with Gasteiger partial charge >= 0.3 is 15.2 Å². The minimum atomic E-state index is -4.10. The molecule has 0 amide bonds. The molecule has 5 aromatic rings. The van der Waals surface area contributed by atoms with E-state index in [1.165, 1.54) is 12.3 Å². The van der Waals surface area contributed by atoms with Crippen molar-refractivity contribution in [3.05, 3.63) is 134 Å². The lowest BCUT2D eigenvalue weighted by molar-refractivity contribution is 0.287.